The lowest BCUT2D eigenvalue weighted by Gasteiger charge is -2.46. The first kappa shape index (κ1) is 28.8. The zero-order chi connectivity index (χ0) is 33.3. The highest BCUT2D eigenvalue weighted by atomic mass is 16.4. The van der Waals surface area contributed by atoms with Crippen molar-refractivity contribution in [2.45, 2.75) is 39.5 Å². The molecule has 0 aromatic heterocycles. The second-order valence-corrected chi connectivity index (χ2v) is 12.1. The third-order valence-electron chi connectivity index (χ3n) is 9.87. The Hall–Kier alpha value is -5.90. The van der Waals surface area contributed by atoms with Crippen LogP contribution in [0.25, 0.3) is 5.57 Å². The van der Waals surface area contributed by atoms with Crippen molar-refractivity contribution in [1.29, 1.82) is 0 Å². The largest absolute Gasteiger partial charge is 0.507 e. The van der Waals surface area contributed by atoms with E-state index in [1.54, 1.807) is 38.1 Å². The van der Waals surface area contributed by atoms with Gasteiger partial charge < -0.3 is 30.6 Å². The normalized spacial score (nSPS) is 17.2. The van der Waals surface area contributed by atoms with Crippen LogP contribution in [0.5, 0.6) is 23.0 Å². The third-order valence-corrected chi connectivity index (χ3v) is 9.87. The van der Waals surface area contributed by atoms with Crippen LogP contribution < -0.4 is 0 Å². The highest BCUT2D eigenvalue weighted by Gasteiger charge is 2.52. The van der Waals surface area contributed by atoms with Crippen LogP contribution >= 0.6 is 0 Å². The zero-order valence-corrected chi connectivity index (χ0v) is 25.0. The van der Waals surface area contributed by atoms with E-state index in [-0.39, 0.29) is 68.0 Å². The summed E-state index contributed by atoms with van der Waals surface area (Å²) in [7, 11) is 0. The van der Waals surface area contributed by atoms with Gasteiger partial charge in [0.1, 0.15) is 34.1 Å². The third kappa shape index (κ3) is 3.25. The van der Waals surface area contributed by atoms with Gasteiger partial charge in [0, 0.05) is 16.7 Å². The molecule has 0 saturated carbocycles. The van der Waals surface area contributed by atoms with E-state index < -0.39 is 51.5 Å². The summed E-state index contributed by atoms with van der Waals surface area (Å²) in [6.45, 7) is 6.04. The molecule has 6 N–H and O–H groups in total. The monoisotopic (exact) mass is 618 g/mol. The molecule has 0 bridgehead atoms. The molecule has 0 aliphatic heterocycles. The molecule has 4 aromatic carbocycles. The molecule has 0 fully saturated rings. The fraction of sp³-hybridized carbons (Fsp3) is 0.167. The molecule has 10 nitrogen and oxygen atoms in total. The number of phenolic OH excluding ortho intramolecular Hbond substituents is 2. The Morgan fingerprint density at radius 1 is 0.630 bits per heavy atom. The molecular weight excluding hydrogens is 592 g/mol. The number of ketones is 2. The standard InChI is InChI=1S/C36H26O10/c1-12-5-6-18-28(30(12)39)33(42)24-15(4)26(35(45)46)22(38)11-20(24)36(18)8-7-16-17-10-21(37)25(34(43)44)14(3)23(17)32(41)29-27(16)19(36)9-13(2)31(29)40/h5-7,9-11,37-40H,8H2,1-4H3,(H,43,44)(H,45,46). The summed E-state index contributed by atoms with van der Waals surface area (Å²) in [4.78, 5) is 52.7. The maximum absolute atomic E-state index is 14.3. The van der Waals surface area contributed by atoms with Crippen LogP contribution in [0.4, 0.5) is 0 Å². The van der Waals surface area contributed by atoms with Gasteiger partial charge in [-0.3, -0.25) is 9.59 Å². The Balaban J connectivity index is 1.68. The van der Waals surface area contributed by atoms with Crippen LogP contribution in [0.2, 0.25) is 0 Å². The minimum Gasteiger partial charge on any atom is -0.507 e. The molecule has 1 spiro atoms. The molecule has 0 amide bonds. The van der Waals surface area contributed by atoms with Crippen LogP contribution in [0, 0.1) is 27.7 Å². The van der Waals surface area contributed by atoms with Crippen molar-refractivity contribution in [3.05, 3.63) is 120 Å². The van der Waals surface area contributed by atoms with Crippen LogP contribution in [0.3, 0.4) is 0 Å². The molecule has 230 valence electrons. The number of benzene rings is 4. The first-order valence-corrected chi connectivity index (χ1v) is 14.4. The number of carbonyl (C=O) groups is 4. The van der Waals surface area contributed by atoms with Crippen molar-refractivity contribution >= 4 is 29.1 Å². The zero-order valence-electron chi connectivity index (χ0n) is 25.0. The van der Waals surface area contributed by atoms with Crippen molar-refractivity contribution in [3.8, 4) is 23.0 Å². The van der Waals surface area contributed by atoms with Gasteiger partial charge in [-0.25, -0.2) is 9.59 Å². The van der Waals surface area contributed by atoms with Crippen molar-refractivity contribution in [1.82, 2.24) is 0 Å². The molecule has 0 radical (unpaired) electrons. The number of hydrogen-bond acceptors (Lipinski definition) is 8. The number of carboxylic acid groups (broad SMARTS) is 2. The van der Waals surface area contributed by atoms with Crippen LogP contribution in [-0.2, 0) is 5.41 Å². The van der Waals surface area contributed by atoms with E-state index in [4.69, 9.17) is 0 Å². The minimum atomic E-state index is -1.44. The predicted octanol–water partition coefficient (Wildman–Crippen LogP) is 5.40. The highest BCUT2D eigenvalue weighted by molar-refractivity contribution is 6.23. The molecule has 0 heterocycles. The quantitative estimate of drug-likeness (QED) is 0.149. The average Bonchev–Trinajstić information content (AvgIpc) is 2.96. The number of fused-ring (bicyclic) bond motifs is 7. The highest BCUT2D eigenvalue weighted by Crippen LogP contribution is 2.60. The Morgan fingerprint density at radius 3 is 1.80 bits per heavy atom. The van der Waals surface area contributed by atoms with Gasteiger partial charge in [0.05, 0.1) is 16.5 Å². The lowest BCUT2D eigenvalue weighted by atomic mass is 9.55. The summed E-state index contributed by atoms with van der Waals surface area (Å²) in [6, 6.07) is 7.44. The maximum Gasteiger partial charge on any atom is 0.339 e. The fourth-order valence-corrected chi connectivity index (χ4v) is 7.82. The first-order chi connectivity index (χ1) is 21.6. The smallest absolute Gasteiger partial charge is 0.339 e. The predicted molar refractivity (Wildman–Crippen MR) is 164 cm³/mol. The number of aromatic hydroxyl groups is 4. The lowest BCUT2D eigenvalue weighted by molar-refractivity contribution is 0.0681. The van der Waals surface area contributed by atoms with E-state index in [2.05, 4.69) is 0 Å². The van der Waals surface area contributed by atoms with Crippen LogP contribution in [-0.4, -0.2) is 54.1 Å². The first-order valence-electron chi connectivity index (χ1n) is 14.4. The Kier molecular flexibility index (Phi) is 5.69. The number of carboxylic acids is 2. The molecule has 4 aromatic rings. The number of rotatable bonds is 2. The van der Waals surface area contributed by atoms with Crippen molar-refractivity contribution in [2.75, 3.05) is 0 Å². The van der Waals surface area contributed by atoms with Crippen molar-refractivity contribution in [3.63, 3.8) is 0 Å². The van der Waals surface area contributed by atoms with Crippen LogP contribution in [0.1, 0.15) is 109 Å². The SMILES string of the molecule is Cc1ccc2c(c1O)C(=O)c1c(cc(O)c(C(=O)O)c1C)C21CC=C2c3cc(O)c(C(=O)O)c(C)c3C(=O)c3c(O)c(C)cc1c32. The fourth-order valence-electron chi connectivity index (χ4n) is 7.82. The summed E-state index contributed by atoms with van der Waals surface area (Å²) >= 11 is 0. The second kappa shape index (κ2) is 9.07. The molecule has 3 aliphatic carbocycles. The topological polar surface area (TPSA) is 190 Å². The Labute approximate surface area is 261 Å². The van der Waals surface area contributed by atoms with E-state index in [0.717, 1.165) is 0 Å². The summed E-state index contributed by atoms with van der Waals surface area (Å²) in [5.74, 6) is -5.90. The van der Waals surface area contributed by atoms with Crippen molar-refractivity contribution in [2.24, 2.45) is 0 Å². The van der Waals surface area contributed by atoms with Crippen LogP contribution in [0.15, 0.2) is 36.4 Å². The molecule has 10 heteroatoms. The van der Waals surface area contributed by atoms with Gasteiger partial charge in [-0.15, -0.1) is 0 Å². The van der Waals surface area contributed by atoms with Gasteiger partial charge in [-0.05, 0) is 96.3 Å². The number of phenols is 4. The summed E-state index contributed by atoms with van der Waals surface area (Å²) in [5.41, 5.74) is 0.355. The van der Waals surface area contributed by atoms with E-state index in [0.29, 0.717) is 27.8 Å². The van der Waals surface area contributed by atoms with Gasteiger partial charge >= 0.3 is 11.9 Å². The summed E-state index contributed by atoms with van der Waals surface area (Å²) in [6.07, 6.45) is 1.83. The molecule has 1 unspecified atom stereocenters. The Morgan fingerprint density at radius 2 is 1.17 bits per heavy atom. The van der Waals surface area contributed by atoms with Gasteiger partial charge in [0.2, 0.25) is 0 Å². The Bertz CT molecular complexity index is 2250. The number of carbonyl (C=O) groups excluding carboxylic acids is 2. The van der Waals surface area contributed by atoms with Crippen molar-refractivity contribution < 1.29 is 49.8 Å². The number of aromatic carboxylic acids is 2. The van der Waals surface area contributed by atoms with Gasteiger partial charge in [0.25, 0.3) is 0 Å². The molecular formula is C36H26O10. The molecule has 0 saturated heterocycles. The molecule has 7 rings (SSSR count). The second-order valence-electron chi connectivity index (χ2n) is 12.1. The van der Waals surface area contributed by atoms with Gasteiger partial charge in [-0.1, -0.05) is 24.3 Å². The van der Waals surface area contributed by atoms with E-state index >= 15 is 0 Å². The minimum absolute atomic E-state index is 0.000690. The van der Waals surface area contributed by atoms with Gasteiger partial charge in [-0.2, -0.15) is 0 Å². The molecule has 3 aliphatic rings. The molecule has 1 atom stereocenters. The molecule has 46 heavy (non-hydrogen) atoms. The summed E-state index contributed by atoms with van der Waals surface area (Å²) < 4.78 is 0. The number of aryl methyl sites for hydroxylation is 2. The average molecular weight is 619 g/mol. The summed E-state index contributed by atoms with van der Waals surface area (Å²) in [5, 5.41) is 64.2. The van der Waals surface area contributed by atoms with E-state index in [1.807, 2.05) is 0 Å². The van der Waals surface area contributed by atoms with Gasteiger partial charge in [0.15, 0.2) is 11.6 Å². The number of hydrogen-bond donors (Lipinski definition) is 6. The van der Waals surface area contributed by atoms with E-state index in [9.17, 15) is 49.8 Å². The lowest BCUT2D eigenvalue weighted by Crippen LogP contribution is -2.41. The van der Waals surface area contributed by atoms with E-state index in [1.165, 1.54) is 26.0 Å². The number of allylic oxidation sites excluding steroid dienone is 1. The maximum atomic E-state index is 14.3.